The molecule has 0 N–H and O–H groups in total. The third-order valence-corrected chi connectivity index (χ3v) is 7.57. The first kappa shape index (κ1) is 20.2. The maximum Gasteiger partial charge on any atom is 0.500 e. The highest BCUT2D eigenvalue weighted by Gasteiger charge is 2.37. The molecule has 6 nitrogen and oxygen atoms in total. The normalized spacial score (nSPS) is 20.3. The van der Waals surface area contributed by atoms with Crippen LogP contribution in [0.15, 0.2) is 18.2 Å². The van der Waals surface area contributed by atoms with Gasteiger partial charge in [-0.2, -0.15) is 0 Å². The zero-order chi connectivity index (χ0) is 18.5. The first-order valence-corrected chi connectivity index (χ1v) is 10.6. The lowest BCUT2D eigenvalue weighted by Crippen LogP contribution is -2.43. The van der Waals surface area contributed by atoms with Crippen molar-refractivity contribution < 1.29 is 27.5 Å². The fraction of sp³-hybridized carbons (Fsp3) is 0.667. The Morgan fingerprint density at radius 2 is 1.84 bits per heavy atom. The van der Waals surface area contributed by atoms with Crippen molar-refractivity contribution in [3.05, 3.63) is 23.8 Å². The largest absolute Gasteiger partial charge is 0.500 e. The Balaban J connectivity index is 1.89. The van der Waals surface area contributed by atoms with Crippen molar-refractivity contribution in [1.29, 1.82) is 0 Å². The van der Waals surface area contributed by atoms with Crippen molar-refractivity contribution in [1.82, 2.24) is 0 Å². The molecule has 0 aliphatic carbocycles. The monoisotopic (exact) mass is 370 g/mol. The van der Waals surface area contributed by atoms with Gasteiger partial charge in [0.2, 0.25) is 5.79 Å². The molecule has 7 heteroatoms. The first-order chi connectivity index (χ1) is 11.9. The fourth-order valence-electron chi connectivity index (χ4n) is 2.65. The van der Waals surface area contributed by atoms with Gasteiger partial charge in [-0.1, -0.05) is 13.8 Å². The van der Waals surface area contributed by atoms with Gasteiger partial charge in [0.15, 0.2) is 0 Å². The number of rotatable bonds is 9. The smallest absolute Gasteiger partial charge is 0.494 e. The maximum absolute atomic E-state index is 6.03. The summed E-state index contributed by atoms with van der Waals surface area (Å²) in [4.78, 5) is 0. The molecule has 25 heavy (non-hydrogen) atoms. The van der Waals surface area contributed by atoms with Crippen LogP contribution in [-0.2, 0) is 24.6 Å². The van der Waals surface area contributed by atoms with Gasteiger partial charge in [-0.15, -0.1) is 0 Å². The van der Waals surface area contributed by atoms with Gasteiger partial charge in [0.1, 0.15) is 11.5 Å². The van der Waals surface area contributed by atoms with Crippen molar-refractivity contribution in [3.8, 4) is 11.5 Å². The average Bonchev–Trinajstić information content (AvgIpc) is 2.62. The van der Waals surface area contributed by atoms with Gasteiger partial charge in [-0.25, -0.2) is 0 Å². The van der Waals surface area contributed by atoms with E-state index in [1.54, 1.807) is 21.3 Å². The molecule has 0 aromatic heterocycles. The Morgan fingerprint density at radius 1 is 1.16 bits per heavy atom. The van der Waals surface area contributed by atoms with Crippen LogP contribution in [0, 0.1) is 5.92 Å². The molecular weight excluding hydrogens is 340 g/mol. The summed E-state index contributed by atoms with van der Waals surface area (Å²) < 4.78 is 34.0. The average molecular weight is 371 g/mol. The van der Waals surface area contributed by atoms with E-state index >= 15 is 0 Å². The molecule has 1 heterocycles. The molecule has 0 amide bonds. The SMILES string of the molecule is CO[Si](CCCOc1ccc2c(c1)COC(C)(C(C)C)O2)(OC)OC. The molecule has 1 aliphatic heterocycles. The van der Waals surface area contributed by atoms with Crippen LogP contribution in [0.3, 0.4) is 0 Å². The van der Waals surface area contributed by atoms with Gasteiger partial charge >= 0.3 is 8.80 Å². The highest BCUT2D eigenvalue weighted by molar-refractivity contribution is 6.60. The Labute approximate surface area is 151 Å². The first-order valence-electron chi connectivity index (χ1n) is 8.62. The van der Waals surface area contributed by atoms with Crippen molar-refractivity contribution >= 4 is 8.80 Å². The highest BCUT2D eigenvalue weighted by Crippen LogP contribution is 2.37. The molecule has 0 saturated carbocycles. The molecule has 1 aromatic rings. The minimum absolute atomic E-state index is 0.267. The van der Waals surface area contributed by atoms with Crippen LogP contribution in [0.1, 0.15) is 32.8 Å². The Bertz CT molecular complexity index is 552. The van der Waals surface area contributed by atoms with Gasteiger partial charge in [-0.3, -0.25) is 0 Å². The summed E-state index contributed by atoms with van der Waals surface area (Å²) in [6.45, 7) is 7.24. The van der Waals surface area contributed by atoms with E-state index in [1.807, 2.05) is 25.1 Å². The van der Waals surface area contributed by atoms with E-state index in [2.05, 4.69) is 13.8 Å². The van der Waals surface area contributed by atoms with E-state index in [9.17, 15) is 0 Å². The van der Waals surface area contributed by atoms with E-state index in [0.29, 0.717) is 19.3 Å². The Kier molecular flexibility index (Phi) is 6.87. The summed E-state index contributed by atoms with van der Waals surface area (Å²) >= 11 is 0. The van der Waals surface area contributed by atoms with Crippen LogP contribution < -0.4 is 9.47 Å². The summed E-state index contributed by atoms with van der Waals surface area (Å²) in [6, 6.07) is 6.56. The van der Waals surface area contributed by atoms with Crippen LogP contribution in [0.2, 0.25) is 6.04 Å². The molecule has 0 bridgehead atoms. The number of fused-ring (bicyclic) bond motifs is 1. The summed E-state index contributed by atoms with van der Waals surface area (Å²) in [6.07, 6.45) is 0.789. The molecule has 1 atom stereocenters. The van der Waals surface area contributed by atoms with Gasteiger partial charge in [-0.05, 0) is 24.6 Å². The van der Waals surface area contributed by atoms with Crippen molar-refractivity contribution in [2.75, 3.05) is 27.9 Å². The van der Waals surface area contributed by atoms with E-state index in [-0.39, 0.29) is 5.92 Å². The zero-order valence-electron chi connectivity index (χ0n) is 16.1. The molecule has 1 aromatic carbocycles. The number of benzene rings is 1. The zero-order valence-corrected chi connectivity index (χ0v) is 17.1. The predicted molar refractivity (Wildman–Crippen MR) is 96.8 cm³/mol. The second kappa shape index (κ2) is 8.51. The molecule has 1 unspecified atom stereocenters. The van der Waals surface area contributed by atoms with Gasteiger partial charge in [0.05, 0.1) is 13.2 Å². The van der Waals surface area contributed by atoms with Gasteiger partial charge in [0, 0.05) is 45.8 Å². The molecule has 0 radical (unpaired) electrons. The number of ether oxygens (including phenoxy) is 3. The Morgan fingerprint density at radius 3 is 2.44 bits per heavy atom. The molecule has 0 saturated heterocycles. The van der Waals surface area contributed by atoms with Crippen LogP contribution in [-0.4, -0.2) is 42.5 Å². The third-order valence-electron chi connectivity index (χ3n) is 4.74. The molecule has 0 fully saturated rings. The van der Waals surface area contributed by atoms with Gasteiger partial charge < -0.3 is 27.5 Å². The quantitative estimate of drug-likeness (QED) is 0.489. The Hall–Kier alpha value is -1.12. The van der Waals surface area contributed by atoms with Crippen LogP contribution in [0.4, 0.5) is 0 Å². The standard InChI is InChI=1S/C18H30O6Si/c1-14(2)18(3)23-13-15-12-16(8-9-17(15)24-18)22-10-7-11-25(19-4,20-5)21-6/h8-9,12,14H,7,10-11,13H2,1-6H3. The van der Waals surface area contributed by atoms with Crippen molar-refractivity contribution in [3.63, 3.8) is 0 Å². The predicted octanol–water partition coefficient (Wildman–Crippen LogP) is 3.61. The van der Waals surface area contributed by atoms with Crippen LogP contribution in [0.25, 0.3) is 0 Å². The van der Waals surface area contributed by atoms with Crippen molar-refractivity contribution in [2.24, 2.45) is 5.92 Å². The molecule has 142 valence electrons. The summed E-state index contributed by atoms with van der Waals surface area (Å²) in [7, 11) is 2.33. The summed E-state index contributed by atoms with van der Waals surface area (Å²) in [5, 5.41) is 0. The van der Waals surface area contributed by atoms with Crippen LogP contribution >= 0.6 is 0 Å². The van der Waals surface area contributed by atoms with E-state index < -0.39 is 14.6 Å². The van der Waals surface area contributed by atoms with E-state index in [4.69, 9.17) is 27.5 Å². The number of hydrogen-bond donors (Lipinski definition) is 0. The summed E-state index contributed by atoms with van der Waals surface area (Å²) in [5.74, 6) is 1.35. The lowest BCUT2D eigenvalue weighted by molar-refractivity contribution is -0.219. The van der Waals surface area contributed by atoms with Gasteiger partial charge in [0.25, 0.3) is 0 Å². The second-order valence-electron chi connectivity index (χ2n) is 6.58. The maximum atomic E-state index is 6.03. The molecule has 0 spiro atoms. The van der Waals surface area contributed by atoms with Crippen LogP contribution in [0.5, 0.6) is 11.5 Å². The second-order valence-corrected chi connectivity index (χ2v) is 9.67. The molecular formula is C18H30O6Si. The third kappa shape index (κ3) is 4.74. The number of hydrogen-bond acceptors (Lipinski definition) is 6. The highest BCUT2D eigenvalue weighted by atomic mass is 28.4. The topological polar surface area (TPSA) is 55.4 Å². The summed E-state index contributed by atoms with van der Waals surface area (Å²) in [5.41, 5.74) is 1.00. The fourth-order valence-corrected chi connectivity index (χ4v) is 4.34. The minimum Gasteiger partial charge on any atom is -0.494 e. The minimum atomic E-state index is -2.53. The lowest BCUT2D eigenvalue weighted by Gasteiger charge is -2.38. The lowest BCUT2D eigenvalue weighted by atomic mass is 10.0. The van der Waals surface area contributed by atoms with E-state index in [0.717, 1.165) is 23.5 Å². The molecule has 2 rings (SSSR count). The van der Waals surface area contributed by atoms with Crippen molar-refractivity contribution in [2.45, 2.75) is 45.6 Å². The van der Waals surface area contributed by atoms with E-state index in [1.165, 1.54) is 0 Å². The molecule has 1 aliphatic rings.